The minimum Gasteiger partial charge on any atom is -0.381 e. The minimum absolute atomic E-state index is 0.411. The molecule has 0 aromatic heterocycles. The van der Waals surface area contributed by atoms with Crippen LogP contribution in [-0.2, 0) is 11.8 Å². The van der Waals surface area contributed by atoms with Crippen LogP contribution in [0.1, 0.15) is 29.2 Å². The molecule has 1 N–H and O–H groups in total. The van der Waals surface area contributed by atoms with Gasteiger partial charge >= 0.3 is 6.18 Å². The van der Waals surface area contributed by atoms with Crippen molar-refractivity contribution in [1.82, 2.24) is 0 Å². The van der Waals surface area contributed by atoms with Gasteiger partial charge in [-0.1, -0.05) is 18.2 Å². The second-order valence-corrected chi connectivity index (χ2v) is 6.35. The SMILES string of the molecule is Cc1cc(C(F)(F)F)ccc1C(C)(O)c1ccc(I)cc1. The summed E-state index contributed by atoms with van der Waals surface area (Å²) in [5.74, 6) is 0. The lowest BCUT2D eigenvalue weighted by atomic mass is 9.85. The van der Waals surface area contributed by atoms with Crippen molar-refractivity contribution in [3.8, 4) is 0 Å². The van der Waals surface area contributed by atoms with E-state index < -0.39 is 17.3 Å². The molecule has 0 heterocycles. The van der Waals surface area contributed by atoms with Crippen LogP contribution in [0.5, 0.6) is 0 Å². The van der Waals surface area contributed by atoms with Crippen LogP contribution in [0.25, 0.3) is 0 Å². The second kappa shape index (κ2) is 5.61. The van der Waals surface area contributed by atoms with Crippen LogP contribution in [0.15, 0.2) is 42.5 Å². The molecule has 0 aliphatic heterocycles. The topological polar surface area (TPSA) is 20.2 Å². The molecule has 5 heteroatoms. The number of hydrogen-bond acceptors (Lipinski definition) is 1. The van der Waals surface area contributed by atoms with Crippen molar-refractivity contribution in [3.63, 3.8) is 0 Å². The predicted octanol–water partition coefficient (Wildman–Crippen LogP) is 4.87. The van der Waals surface area contributed by atoms with Crippen LogP contribution in [0.4, 0.5) is 13.2 Å². The van der Waals surface area contributed by atoms with Crippen LogP contribution in [-0.4, -0.2) is 5.11 Å². The zero-order chi connectivity index (χ0) is 15.8. The molecule has 0 bridgehead atoms. The number of hydrogen-bond donors (Lipinski definition) is 1. The van der Waals surface area contributed by atoms with Crippen LogP contribution in [0.3, 0.4) is 0 Å². The Kier molecular flexibility index (Phi) is 4.35. The Balaban J connectivity index is 2.47. The summed E-state index contributed by atoms with van der Waals surface area (Å²) >= 11 is 2.15. The fourth-order valence-electron chi connectivity index (χ4n) is 2.32. The van der Waals surface area contributed by atoms with Crippen molar-refractivity contribution in [2.75, 3.05) is 0 Å². The van der Waals surface area contributed by atoms with Crippen molar-refractivity contribution < 1.29 is 18.3 Å². The van der Waals surface area contributed by atoms with E-state index in [1.54, 1.807) is 26.0 Å². The third kappa shape index (κ3) is 3.40. The van der Waals surface area contributed by atoms with Gasteiger partial charge in [0.15, 0.2) is 0 Å². The molecule has 0 amide bonds. The highest BCUT2D eigenvalue weighted by atomic mass is 127. The summed E-state index contributed by atoms with van der Waals surface area (Å²) < 4.78 is 39.1. The zero-order valence-electron chi connectivity index (χ0n) is 11.5. The van der Waals surface area contributed by atoms with E-state index in [1.807, 2.05) is 12.1 Å². The van der Waals surface area contributed by atoms with Gasteiger partial charge in [0.25, 0.3) is 0 Å². The summed E-state index contributed by atoms with van der Waals surface area (Å²) in [6, 6.07) is 10.7. The molecule has 0 saturated carbocycles. The fraction of sp³-hybridized carbons (Fsp3) is 0.250. The number of alkyl halides is 3. The molecule has 0 fully saturated rings. The molecule has 0 saturated heterocycles. The molecule has 0 spiro atoms. The molecule has 1 nitrogen and oxygen atoms in total. The molecular weight excluding hydrogens is 392 g/mol. The fourth-order valence-corrected chi connectivity index (χ4v) is 2.68. The number of benzene rings is 2. The van der Waals surface area contributed by atoms with E-state index in [9.17, 15) is 18.3 Å². The normalized spacial score (nSPS) is 14.8. The van der Waals surface area contributed by atoms with Gasteiger partial charge in [-0.3, -0.25) is 0 Å². The molecule has 2 rings (SSSR count). The van der Waals surface area contributed by atoms with Gasteiger partial charge in [0.1, 0.15) is 5.60 Å². The lowest BCUT2D eigenvalue weighted by Crippen LogP contribution is -2.24. The Morgan fingerprint density at radius 3 is 1.95 bits per heavy atom. The quantitative estimate of drug-likeness (QED) is 0.706. The Bertz CT molecular complexity index is 646. The van der Waals surface area contributed by atoms with Gasteiger partial charge in [-0.15, -0.1) is 0 Å². The first-order valence-electron chi connectivity index (χ1n) is 6.29. The number of halogens is 4. The average molecular weight is 406 g/mol. The van der Waals surface area contributed by atoms with E-state index in [2.05, 4.69) is 22.6 Å². The van der Waals surface area contributed by atoms with Gasteiger partial charge in [0.2, 0.25) is 0 Å². The van der Waals surface area contributed by atoms with Gasteiger partial charge in [-0.05, 0) is 77.4 Å². The van der Waals surface area contributed by atoms with Gasteiger partial charge in [-0.2, -0.15) is 13.2 Å². The molecule has 0 aliphatic rings. The predicted molar refractivity (Wildman–Crippen MR) is 84.0 cm³/mol. The van der Waals surface area contributed by atoms with Crippen molar-refractivity contribution in [2.45, 2.75) is 25.6 Å². The van der Waals surface area contributed by atoms with Gasteiger partial charge < -0.3 is 5.11 Å². The van der Waals surface area contributed by atoms with E-state index in [0.717, 1.165) is 15.7 Å². The highest BCUT2D eigenvalue weighted by Gasteiger charge is 2.33. The molecule has 1 unspecified atom stereocenters. The Labute approximate surface area is 135 Å². The second-order valence-electron chi connectivity index (χ2n) is 5.11. The van der Waals surface area contributed by atoms with Crippen molar-refractivity contribution in [3.05, 3.63) is 68.3 Å². The third-order valence-electron chi connectivity index (χ3n) is 3.48. The largest absolute Gasteiger partial charge is 0.416 e. The van der Waals surface area contributed by atoms with Gasteiger partial charge in [0.05, 0.1) is 5.56 Å². The van der Waals surface area contributed by atoms with Crippen LogP contribution >= 0.6 is 22.6 Å². The zero-order valence-corrected chi connectivity index (χ0v) is 13.7. The standard InChI is InChI=1S/C16H14F3IO/c1-10-9-12(16(17,18)19)5-8-14(10)15(2,21)11-3-6-13(20)7-4-11/h3-9,21H,1-2H3. The first-order chi connectivity index (χ1) is 9.62. The van der Waals surface area contributed by atoms with Gasteiger partial charge in [0, 0.05) is 3.57 Å². The average Bonchev–Trinajstić information content (AvgIpc) is 2.37. The van der Waals surface area contributed by atoms with Crippen LogP contribution in [0, 0.1) is 10.5 Å². The lowest BCUT2D eigenvalue weighted by molar-refractivity contribution is -0.137. The highest BCUT2D eigenvalue weighted by molar-refractivity contribution is 14.1. The van der Waals surface area contributed by atoms with Crippen molar-refractivity contribution >= 4 is 22.6 Å². The Hall–Kier alpha value is -1.08. The molecule has 112 valence electrons. The van der Waals surface area contributed by atoms with Crippen molar-refractivity contribution in [1.29, 1.82) is 0 Å². The lowest BCUT2D eigenvalue weighted by Gasteiger charge is -2.27. The maximum atomic E-state index is 12.7. The van der Waals surface area contributed by atoms with E-state index >= 15 is 0 Å². The number of aliphatic hydroxyl groups is 1. The van der Waals surface area contributed by atoms with E-state index in [1.165, 1.54) is 6.07 Å². The molecule has 21 heavy (non-hydrogen) atoms. The van der Waals surface area contributed by atoms with Gasteiger partial charge in [-0.25, -0.2) is 0 Å². The summed E-state index contributed by atoms with van der Waals surface area (Å²) in [5.41, 5.74) is -0.517. The molecule has 2 aromatic carbocycles. The van der Waals surface area contributed by atoms with Crippen LogP contribution in [0.2, 0.25) is 0 Å². The third-order valence-corrected chi connectivity index (χ3v) is 4.20. The smallest absolute Gasteiger partial charge is 0.381 e. The maximum absolute atomic E-state index is 12.7. The minimum atomic E-state index is -4.38. The summed E-state index contributed by atoms with van der Waals surface area (Å²) in [4.78, 5) is 0. The highest BCUT2D eigenvalue weighted by Crippen LogP contribution is 2.35. The Morgan fingerprint density at radius 2 is 1.48 bits per heavy atom. The maximum Gasteiger partial charge on any atom is 0.416 e. The summed E-state index contributed by atoms with van der Waals surface area (Å²) in [6.45, 7) is 3.16. The van der Waals surface area contributed by atoms with E-state index in [-0.39, 0.29) is 0 Å². The summed E-state index contributed by atoms with van der Waals surface area (Å²) in [5, 5.41) is 10.7. The number of rotatable bonds is 2. The van der Waals surface area contributed by atoms with E-state index in [0.29, 0.717) is 16.7 Å². The summed E-state index contributed by atoms with van der Waals surface area (Å²) in [7, 11) is 0. The van der Waals surface area contributed by atoms with Crippen LogP contribution < -0.4 is 0 Å². The first kappa shape index (κ1) is 16.3. The number of aryl methyl sites for hydroxylation is 1. The van der Waals surface area contributed by atoms with Crippen molar-refractivity contribution in [2.24, 2.45) is 0 Å². The monoisotopic (exact) mass is 406 g/mol. The molecule has 2 aromatic rings. The Morgan fingerprint density at radius 1 is 0.952 bits per heavy atom. The first-order valence-corrected chi connectivity index (χ1v) is 7.37. The molecular formula is C16H14F3IO. The molecule has 0 radical (unpaired) electrons. The molecule has 0 aliphatic carbocycles. The molecule has 1 atom stereocenters. The summed E-state index contributed by atoms with van der Waals surface area (Å²) in [6.07, 6.45) is -4.38. The van der Waals surface area contributed by atoms with E-state index in [4.69, 9.17) is 0 Å².